The van der Waals surface area contributed by atoms with Crippen molar-refractivity contribution in [2.45, 2.75) is 46.1 Å². The van der Waals surface area contributed by atoms with Crippen LogP contribution in [-0.2, 0) is 0 Å². The molecule has 0 bridgehead atoms. The van der Waals surface area contributed by atoms with E-state index < -0.39 is 10.8 Å². The van der Waals surface area contributed by atoms with Crippen LogP contribution in [0.25, 0.3) is 0 Å². The number of hydrogen-bond donors (Lipinski definition) is 2. The van der Waals surface area contributed by atoms with Gasteiger partial charge >= 0.3 is 0 Å². The fourth-order valence-electron chi connectivity index (χ4n) is 2.13. The van der Waals surface area contributed by atoms with Crippen LogP contribution >= 0.6 is 0 Å². The summed E-state index contributed by atoms with van der Waals surface area (Å²) in [5.74, 6) is 0.0464. The summed E-state index contributed by atoms with van der Waals surface area (Å²) in [4.78, 5) is 21.8. The van der Waals surface area contributed by atoms with E-state index in [-0.39, 0.29) is 17.3 Å². The van der Waals surface area contributed by atoms with Crippen LogP contribution in [0.1, 0.15) is 50.4 Å². The van der Waals surface area contributed by atoms with Crippen LogP contribution in [0.5, 0.6) is 0 Å². The topological polar surface area (TPSA) is 98.3 Å². The van der Waals surface area contributed by atoms with Gasteiger partial charge in [0.2, 0.25) is 5.91 Å². The van der Waals surface area contributed by atoms with Gasteiger partial charge in [0.25, 0.3) is 5.69 Å². The zero-order valence-electron chi connectivity index (χ0n) is 12.8. The highest BCUT2D eigenvalue weighted by Crippen LogP contribution is 2.26. The zero-order chi connectivity index (χ0) is 16.0. The van der Waals surface area contributed by atoms with Gasteiger partial charge in [-0.15, -0.1) is 0 Å². The van der Waals surface area contributed by atoms with Crippen LogP contribution in [0.3, 0.4) is 0 Å². The number of nitrogens with one attached hydrogen (secondary N) is 1. The van der Waals surface area contributed by atoms with Crippen molar-refractivity contribution in [3.8, 4) is 0 Å². The Morgan fingerprint density at radius 3 is 2.52 bits per heavy atom. The minimum absolute atomic E-state index is 0.0456. The summed E-state index contributed by atoms with van der Waals surface area (Å²) in [7, 11) is 0. The number of rotatable bonds is 8. The summed E-state index contributed by atoms with van der Waals surface area (Å²) in [6.45, 7) is 6.31. The highest BCUT2D eigenvalue weighted by atomic mass is 16.6. The molecule has 0 aromatic heterocycles. The van der Waals surface area contributed by atoms with Crippen LogP contribution in [-0.4, -0.2) is 16.9 Å². The van der Waals surface area contributed by atoms with Crippen molar-refractivity contribution in [3.05, 3.63) is 33.9 Å². The minimum Gasteiger partial charge on any atom is -0.377 e. The first-order valence-corrected chi connectivity index (χ1v) is 7.16. The van der Waals surface area contributed by atoms with Gasteiger partial charge < -0.3 is 11.1 Å². The predicted octanol–water partition coefficient (Wildman–Crippen LogP) is 3.32. The Balaban J connectivity index is 2.81. The fraction of sp³-hybridized carbons (Fsp3) is 0.533. The van der Waals surface area contributed by atoms with Gasteiger partial charge in [0.05, 0.1) is 4.92 Å². The van der Waals surface area contributed by atoms with Crippen molar-refractivity contribution in [1.29, 1.82) is 0 Å². The maximum atomic E-state index is 11.2. The number of primary amides is 1. The number of carbonyl (C=O) groups excluding carboxylic acids is 1. The maximum Gasteiger partial charge on any atom is 0.292 e. The molecule has 21 heavy (non-hydrogen) atoms. The Kier molecular flexibility index (Phi) is 6.14. The van der Waals surface area contributed by atoms with Crippen LogP contribution < -0.4 is 11.1 Å². The van der Waals surface area contributed by atoms with Crippen LogP contribution in [0.4, 0.5) is 11.4 Å². The first-order valence-electron chi connectivity index (χ1n) is 7.16. The Labute approximate surface area is 124 Å². The summed E-state index contributed by atoms with van der Waals surface area (Å²) >= 11 is 0. The van der Waals surface area contributed by atoms with E-state index in [9.17, 15) is 14.9 Å². The molecule has 116 valence electrons. The second-order valence-electron chi connectivity index (χ2n) is 5.72. The third-order valence-electron chi connectivity index (χ3n) is 3.30. The van der Waals surface area contributed by atoms with Gasteiger partial charge in [-0.1, -0.05) is 26.7 Å². The lowest BCUT2D eigenvalue weighted by atomic mass is 10.0. The lowest BCUT2D eigenvalue weighted by Gasteiger charge is -2.16. The molecule has 3 N–H and O–H groups in total. The number of nitro groups is 1. The van der Waals surface area contributed by atoms with Crippen LogP contribution in [0, 0.1) is 16.0 Å². The molecule has 0 spiro atoms. The third-order valence-corrected chi connectivity index (χ3v) is 3.30. The smallest absolute Gasteiger partial charge is 0.292 e. The zero-order valence-corrected chi connectivity index (χ0v) is 12.8. The molecule has 0 aliphatic heterocycles. The molecule has 0 heterocycles. The number of amides is 1. The van der Waals surface area contributed by atoms with E-state index >= 15 is 0 Å². The molecule has 6 nitrogen and oxygen atoms in total. The first kappa shape index (κ1) is 16.9. The van der Waals surface area contributed by atoms with Gasteiger partial charge in [0.1, 0.15) is 5.69 Å². The molecule has 1 aromatic carbocycles. The highest BCUT2D eigenvalue weighted by Gasteiger charge is 2.17. The average molecular weight is 293 g/mol. The Bertz CT molecular complexity index is 515. The van der Waals surface area contributed by atoms with Crippen LogP contribution in [0.15, 0.2) is 18.2 Å². The van der Waals surface area contributed by atoms with Gasteiger partial charge in [-0.2, -0.15) is 0 Å². The minimum atomic E-state index is -0.597. The summed E-state index contributed by atoms with van der Waals surface area (Å²) in [5, 5.41) is 14.1. The van der Waals surface area contributed by atoms with E-state index in [0.717, 1.165) is 19.3 Å². The second-order valence-corrected chi connectivity index (χ2v) is 5.72. The van der Waals surface area contributed by atoms with Gasteiger partial charge in [0.15, 0.2) is 0 Å². The third kappa shape index (κ3) is 5.41. The molecule has 1 aromatic rings. The molecule has 1 atom stereocenters. The molecule has 0 radical (unpaired) electrons. The number of nitro benzene ring substituents is 1. The van der Waals surface area contributed by atoms with E-state index in [2.05, 4.69) is 19.2 Å². The van der Waals surface area contributed by atoms with Crippen molar-refractivity contribution in [2.75, 3.05) is 5.32 Å². The molecule has 6 heteroatoms. The normalized spacial score (nSPS) is 12.2. The van der Waals surface area contributed by atoms with Gasteiger partial charge in [0, 0.05) is 17.7 Å². The van der Waals surface area contributed by atoms with E-state index in [4.69, 9.17) is 5.73 Å². The molecule has 1 unspecified atom stereocenters. The largest absolute Gasteiger partial charge is 0.377 e. The van der Waals surface area contributed by atoms with Crippen molar-refractivity contribution >= 4 is 17.3 Å². The fourth-order valence-corrected chi connectivity index (χ4v) is 2.13. The Morgan fingerprint density at radius 1 is 1.33 bits per heavy atom. The van der Waals surface area contributed by atoms with E-state index in [1.165, 1.54) is 18.2 Å². The average Bonchev–Trinajstić information content (AvgIpc) is 2.37. The van der Waals surface area contributed by atoms with Crippen LogP contribution in [0.2, 0.25) is 0 Å². The number of hydrogen-bond acceptors (Lipinski definition) is 4. The molecule has 1 amide bonds. The molecular weight excluding hydrogens is 270 g/mol. The quantitative estimate of drug-likeness (QED) is 0.567. The summed E-state index contributed by atoms with van der Waals surface area (Å²) in [6.07, 6.45) is 3.08. The van der Waals surface area contributed by atoms with Crippen molar-refractivity contribution in [1.82, 2.24) is 0 Å². The molecule has 0 fully saturated rings. The van der Waals surface area contributed by atoms with E-state index in [1.54, 1.807) is 0 Å². The molecule has 0 aliphatic carbocycles. The Hall–Kier alpha value is -2.11. The number of nitrogens with zero attached hydrogens (tertiary/aromatic N) is 1. The highest BCUT2D eigenvalue weighted by molar-refractivity contribution is 5.94. The summed E-state index contributed by atoms with van der Waals surface area (Å²) < 4.78 is 0. The van der Waals surface area contributed by atoms with Gasteiger partial charge in [-0.25, -0.2) is 0 Å². The van der Waals surface area contributed by atoms with E-state index in [1.807, 2.05) is 6.92 Å². The summed E-state index contributed by atoms with van der Waals surface area (Å²) in [5.41, 5.74) is 5.77. The number of carbonyl (C=O) groups is 1. The number of nitrogens with two attached hydrogens (primary N) is 1. The van der Waals surface area contributed by atoms with Gasteiger partial charge in [-0.05, 0) is 31.4 Å². The molecular formula is C15H23N3O3. The van der Waals surface area contributed by atoms with Crippen molar-refractivity contribution in [3.63, 3.8) is 0 Å². The standard InChI is InChI=1S/C15H23N3O3/c1-10(2)5-4-6-11(3)17-13-9-12(15(16)19)7-8-14(13)18(20)21/h7-11,17H,4-6H2,1-3H3,(H2,16,19). The van der Waals surface area contributed by atoms with Crippen molar-refractivity contribution in [2.24, 2.45) is 11.7 Å². The summed E-state index contributed by atoms with van der Waals surface area (Å²) in [6, 6.07) is 4.21. The maximum absolute atomic E-state index is 11.2. The lowest BCUT2D eigenvalue weighted by Crippen LogP contribution is -2.17. The Morgan fingerprint density at radius 2 is 2.00 bits per heavy atom. The number of anilines is 1. The number of benzene rings is 1. The molecule has 0 aliphatic rings. The van der Waals surface area contributed by atoms with Gasteiger partial charge in [-0.3, -0.25) is 14.9 Å². The van der Waals surface area contributed by atoms with E-state index in [0.29, 0.717) is 11.6 Å². The van der Waals surface area contributed by atoms with Crippen molar-refractivity contribution < 1.29 is 9.72 Å². The molecule has 0 saturated heterocycles. The first-order chi connectivity index (χ1) is 9.81. The lowest BCUT2D eigenvalue weighted by molar-refractivity contribution is -0.384. The SMILES string of the molecule is CC(C)CCCC(C)Nc1cc(C(N)=O)ccc1[N+](=O)[O-]. The predicted molar refractivity (Wildman–Crippen MR) is 83.4 cm³/mol. The molecule has 0 saturated carbocycles. The molecule has 1 rings (SSSR count). The monoisotopic (exact) mass is 293 g/mol. The second kappa shape index (κ2) is 7.61.